The molecule has 0 spiro atoms. The van der Waals surface area contributed by atoms with Crippen LogP contribution < -0.4 is 0 Å². The van der Waals surface area contributed by atoms with Crippen LogP contribution in [0.5, 0.6) is 0 Å². The van der Waals surface area contributed by atoms with Crippen LogP contribution in [0.25, 0.3) is 11.0 Å². The van der Waals surface area contributed by atoms with Gasteiger partial charge in [-0.1, -0.05) is 0 Å². The highest BCUT2D eigenvalue weighted by Crippen LogP contribution is 2.43. The monoisotopic (exact) mass is 325 g/mol. The summed E-state index contributed by atoms with van der Waals surface area (Å²) in [6.07, 6.45) is 2.51. The highest BCUT2D eigenvalue weighted by atomic mass is 35.5. The maximum absolute atomic E-state index is 9.51. The lowest BCUT2D eigenvalue weighted by atomic mass is 10.1. The summed E-state index contributed by atoms with van der Waals surface area (Å²) in [4.78, 5) is 7.97. The molecular formula is C13H14ClN4O4. The van der Waals surface area contributed by atoms with E-state index in [4.69, 9.17) is 25.8 Å². The molecule has 22 heavy (non-hydrogen) atoms. The number of ether oxygens (including phenoxy) is 3. The standard InChI is InChI=1S/C13H14ClN4O4/c1-13(2)21-8-7(5-19)20-11(9(8)22-13)18-10-6(4-16-18)3-15-12(14)17-10/h4,7-9,11,19H,5H2,1-2H3/t7-,8-,9-,11-/m1/s1. The van der Waals surface area contributed by atoms with Gasteiger partial charge in [0.05, 0.1) is 18.2 Å². The summed E-state index contributed by atoms with van der Waals surface area (Å²) in [6, 6.07) is 0. The van der Waals surface area contributed by atoms with Gasteiger partial charge in [0.1, 0.15) is 24.5 Å². The van der Waals surface area contributed by atoms with E-state index < -0.39 is 24.2 Å². The second-order valence-electron chi connectivity index (χ2n) is 5.74. The minimum atomic E-state index is -0.744. The summed E-state index contributed by atoms with van der Waals surface area (Å²) in [5.74, 6) is -0.744. The Morgan fingerprint density at radius 3 is 2.95 bits per heavy atom. The zero-order valence-corrected chi connectivity index (χ0v) is 12.7. The van der Waals surface area contributed by atoms with Crippen molar-refractivity contribution >= 4 is 22.6 Å². The summed E-state index contributed by atoms with van der Waals surface area (Å²) in [5, 5.41) is 14.5. The molecule has 0 aliphatic carbocycles. The van der Waals surface area contributed by atoms with Gasteiger partial charge in [-0.15, -0.1) is 0 Å². The Morgan fingerprint density at radius 1 is 1.41 bits per heavy atom. The highest BCUT2D eigenvalue weighted by Gasteiger charge is 2.56. The Morgan fingerprint density at radius 2 is 2.18 bits per heavy atom. The van der Waals surface area contributed by atoms with Gasteiger partial charge in [-0.2, -0.15) is 10.1 Å². The number of hydrogen-bond acceptors (Lipinski definition) is 7. The molecule has 2 aromatic rings. The molecule has 2 aliphatic heterocycles. The first-order valence-electron chi connectivity index (χ1n) is 6.89. The number of halogens is 1. The first kappa shape index (κ1) is 14.3. The van der Waals surface area contributed by atoms with E-state index in [2.05, 4.69) is 21.3 Å². The molecule has 1 N–H and O–H groups in total. The summed E-state index contributed by atoms with van der Waals surface area (Å²) in [6.45, 7) is 3.48. The Kier molecular flexibility index (Phi) is 3.14. The van der Waals surface area contributed by atoms with E-state index in [0.717, 1.165) is 0 Å². The zero-order chi connectivity index (χ0) is 15.5. The third kappa shape index (κ3) is 2.10. The Hall–Kier alpha value is -1.32. The van der Waals surface area contributed by atoms with Crippen molar-refractivity contribution in [2.75, 3.05) is 6.61 Å². The van der Waals surface area contributed by atoms with Crippen molar-refractivity contribution in [3.05, 3.63) is 17.7 Å². The van der Waals surface area contributed by atoms with Gasteiger partial charge in [0.2, 0.25) is 5.28 Å². The molecule has 0 saturated carbocycles. The highest BCUT2D eigenvalue weighted by molar-refractivity contribution is 6.28. The van der Waals surface area contributed by atoms with Gasteiger partial charge in [0.15, 0.2) is 17.7 Å². The normalized spacial score (nSPS) is 33.5. The van der Waals surface area contributed by atoms with Crippen LogP contribution in [0.4, 0.5) is 0 Å². The molecule has 0 aromatic carbocycles. The fraction of sp³-hybridized carbons (Fsp3) is 0.615. The molecule has 2 saturated heterocycles. The number of fused-ring (bicyclic) bond motifs is 2. The SMILES string of the molecule is CC1(C)O[C@@H]2[C@H](O1)[C@@H](CO)O[C@H]2n1ncc2[c]nc(Cl)nc21. The molecule has 2 fully saturated rings. The maximum atomic E-state index is 9.51. The third-order valence-electron chi connectivity index (χ3n) is 3.78. The smallest absolute Gasteiger partial charge is 0.225 e. The van der Waals surface area contributed by atoms with E-state index >= 15 is 0 Å². The second kappa shape index (κ2) is 4.84. The van der Waals surface area contributed by atoms with Gasteiger partial charge >= 0.3 is 0 Å². The topological polar surface area (TPSA) is 91.5 Å². The van der Waals surface area contributed by atoms with Gasteiger partial charge in [-0.3, -0.25) is 0 Å². The largest absolute Gasteiger partial charge is 0.394 e. The molecular weight excluding hydrogens is 312 g/mol. The van der Waals surface area contributed by atoms with Crippen LogP contribution in [0.1, 0.15) is 20.1 Å². The second-order valence-corrected chi connectivity index (χ2v) is 6.08. The average molecular weight is 326 g/mol. The lowest BCUT2D eigenvalue weighted by molar-refractivity contribution is -0.201. The number of aliphatic hydroxyl groups excluding tert-OH is 1. The fourth-order valence-corrected chi connectivity index (χ4v) is 3.08. The van der Waals surface area contributed by atoms with Gasteiger partial charge in [0.25, 0.3) is 0 Å². The van der Waals surface area contributed by atoms with Crippen LogP contribution in [0.15, 0.2) is 6.20 Å². The summed E-state index contributed by atoms with van der Waals surface area (Å²) in [7, 11) is 0. The number of aromatic nitrogens is 4. The minimum Gasteiger partial charge on any atom is -0.394 e. The summed E-state index contributed by atoms with van der Waals surface area (Å²) < 4.78 is 19.2. The first-order chi connectivity index (χ1) is 10.5. The Bertz CT molecular complexity index is 721. The lowest BCUT2D eigenvalue weighted by Crippen LogP contribution is -2.31. The van der Waals surface area contributed by atoms with Gasteiger partial charge < -0.3 is 19.3 Å². The quantitative estimate of drug-likeness (QED) is 0.812. The first-order valence-corrected chi connectivity index (χ1v) is 7.27. The van der Waals surface area contributed by atoms with Crippen molar-refractivity contribution in [3.8, 4) is 0 Å². The number of hydrogen-bond donors (Lipinski definition) is 1. The van der Waals surface area contributed by atoms with Crippen LogP contribution in [-0.2, 0) is 14.2 Å². The van der Waals surface area contributed by atoms with Crippen LogP contribution in [0, 0.1) is 6.20 Å². The molecule has 2 aromatic heterocycles. The molecule has 8 nitrogen and oxygen atoms in total. The van der Waals surface area contributed by atoms with E-state index in [1.807, 2.05) is 13.8 Å². The minimum absolute atomic E-state index is 0.0754. The molecule has 0 unspecified atom stereocenters. The molecule has 9 heteroatoms. The van der Waals surface area contributed by atoms with Crippen LogP contribution in [0.3, 0.4) is 0 Å². The predicted molar refractivity (Wildman–Crippen MR) is 74.0 cm³/mol. The number of nitrogens with zero attached hydrogens (tertiary/aromatic N) is 4. The van der Waals surface area contributed by atoms with E-state index in [9.17, 15) is 5.11 Å². The van der Waals surface area contributed by atoms with Crippen LogP contribution in [-0.4, -0.2) is 55.6 Å². The summed E-state index contributed by atoms with van der Waals surface area (Å²) >= 11 is 5.84. The molecule has 4 rings (SSSR count). The van der Waals surface area contributed by atoms with Crippen molar-refractivity contribution < 1.29 is 19.3 Å². The molecule has 4 heterocycles. The van der Waals surface area contributed by atoms with Crippen molar-refractivity contribution in [2.45, 2.75) is 44.2 Å². The van der Waals surface area contributed by atoms with Gasteiger partial charge in [0, 0.05) is 0 Å². The van der Waals surface area contributed by atoms with Crippen molar-refractivity contribution in [2.24, 2.45) is 0 Å². The van der Waals surface area contributed by atoms with Crippen molar-refractivity contribution in [3.63, 3.8) is 0 Å². The maximum Gasteiger partial charge on any atom is 0.225 e. The number of rotatable bonds is 2. The van der Waals surface area contributed by atoms with E-state index in [-0.39, 0.29) is 18.0 Å². The van der Waals surface area contributed by atoms with Crippen LogP contribution in [0.2, 0.25) is 5.28 Å². The molecule has 4 atom stereocenters. The van der Waals surface area contributed by atoms with Gasteiger partial charge in [-0.05, 0) is 25.4 Å². The molecule has 117 valence electrons. The molecule has 1 radical (unpaired) electrons. The summed E-state index contributed by atoms with van der Waals surface area (Å²) in [5.41, 5.74) is 0.496. The van der Waals surface area contributed by atoms with E-state index in [1.165, 1.54) is 0 Å². The zero-order valence-electron chi connectivity index (χ0n) is 11.9. The van der Waals surface area contributed by atoms with Crippen molar-refractivity contribution in [1.82, 2.24) is 19.7 Å². The average Bonchev–Trinajstić information content (AvgIpc) is 3.09. The lowest BCUT2D eigenvalue weighted by Gasteiger charge is -2.23. The van der Waals surface area contributed by atoms with E-state index in [0.29, 0.717) is 11.0 Å². The Balaban J connectivity index is 1.76. The van der Waals surface area contributed by atoms with Crippen molar-refractivity contribution in [1.29, 1.82) is 0 Å². The Labute approximate surface area is 131 Å². The van der Waals surface area contributed by atoms with E-state index in [1.54, 1.807) is 10.9 Å². The fourth-order valence-electron chi connectivity index (χ4n) is 2.95. The molecule has 2 aliphatic rings. The molecule has 0 bridgehead atoms. The number of aliphatic hydroxyl groups is 1. The van der Waals surface area contributed by atoms with Gasteiger partial charge in [-0.25, -0.2) is 9.67 Å². The third-order valence-corrected chi connectivity index (χ3v) is 3.95. The van der Waals surface area contributed by atoms with Crippen LogP contribution >= 0.6 is 11.6 Å². The molecule has 0 amide bonds. The predicted octanol–water partition coefficient (Wildman–Crippen LogP) is 0.690.